The zero-order valence-corrected chi connectivity index (χ0v) is 10.8. The molecule has 0 saturated heterocycles. The first-order valence-corrected chi connectivity index (χ1v) is 5.77. The van der Waals surface area contributed by atoms with E-state index in [0.29, 0.717) is 6.07 Å². The number of nitrogens with one attached hydrogen (secondary N) is 1. The summed E-state index contributed by atoms with van der Waals surface area (Å²) in [5.74, 6) is -1.43. The number of aliphatic carboxylic acids is 1. The molecule has 0 fully saturated rings. The third-order valence-corrected chi connectivity index (χ3v) is 2.71. The van der Waals surface area contributed by atoms with Crippen LogP contribution in [-0.2, 0) is 11.0 Å². The number of carbonyl (C=O) groups is 1. The average Bonchev–Trinajstić information content (AvgIpc) is 2.33. The molecule has 1 rings (SSSR count). The van der Waals surface area contributed by atoms with Gasteiger partial charge in [-0.2, -0.15) is 18.4 Å². The Kier molecular flexibility index (Phi) is 4.61. The van der Waals surface area contributed by atoms with E-state index in [1.807, 2.05) is 0 Å². The van der Waals surface area contributed by atoms with Crippen LogP contribution in [0.3, 0.4) is 0 Å². The Morgan fingerprint density at radius 3 is 2.40 bits per heavy atom. The molecule has 0 spiro atoms. The van der Waals surface area contributed by atoms with Gasteiger partial charge in [-0.3, -0.25) is 0 Å². The van der Waals surface area contributed by atoms with Crippen LogP contribution in [0.4, 0.5) is 18.9 Å². The summed E-state index contributed by atoms with van der Waals surface area (Å²) in [6.45, 7) is 3.31. The van der Waals surface area contributed by atoms with Gasteiger partial charge in [-0.1, -0.05) is 13.8 Å². The fourth-order valence-electron chi connectivity index (χ4n) is 1.62. The summed E-state index contributed by atoms with van der Waals surface area (Å²) >= 11 is 0. The van der Waals surface area contributed by atoms with Crippen LogP contribution < -0.4 is 5.32 Å². The van der Waals surface area contributed by atoms with E-state index in [1.54, 1.807) is 19.9 Å². The minimum Gasteiger partial charge on any atom is -0.480 e. The van der Waals surface area contributed by atoms with E-state index in [-0.39, 0.29) is 17.2 Å². The van der Waals surface area contributed by atoms with Crippen molar-refractivity contribution in [2.24, 2.45) is 5.92 Å². The predicted molar refractivity (Wildman–Crippen MR) is 66.0 cm³/mol. The highest BCUT2D eigenvalue weighted by Crippen LogP contribution is 2.32. The van der Waals surface area contributed by atoms with E-state index in [1.165, 1.54) is 0 Å². The Hall–Kier alpha value is -2.23. The number of anilines is 1. The third-order valence-electron chi connectivity index (χ3n) is 2.71. The van der Waals surface area contributed by atoms with E-state index < -0.39 is 23.8 Å². The molecule has 0 unspecified atom stereocenters. The molecule has 2 N–H and O–H groups in total. The van der Waals surface area contributed by atoms with Crippen molar-refractivity contribution in [3.63, 3.8) is 0 Å². The molecule has 4 nitrogen and oxygen atoms in total. The highest BCUT2D eigenvalue weighted by molar-refractivity contribution is 5.78. The number of hydrogen-bond acceptors (Lipinski definition) is 3. The Morgan fingerprint density at radius 1 is 1.40 bits per heavy atom. The molecule has 1 atom stereocenters. The van der Waals surface area contributed by atoms with E-state index in [0.717, 1.165) is 12.1 Å². The third kappa shape index (κ3) is 3.63. The molecule has 0 bridgehead atoms. The second-order valence-electron chi connectivity index (χ2n) is 4.57. The molecule has 1 aromatic carbocycles. The molecule has 7 heteroatoms. The van der Waals surface area contributed by atoms with Crippen LogP contribution in [0.1, 0.15) is 25.0 Å². The number of carboxylic acid groups (broad SMARTS) is 1. The monoisotopic (exact) mass is 286 g/mol. The van der Waals surface area contributed by atoms with Crippen LogP contribution >= 0.6 is 0 Å². The number of halogens is 3. The van der Waals surface area contributed by atoms with E-state index >= 15 is 0 Å². The SMILES string of the molecule is CC(C)[C@H](Nc1ccc(C(F)(F)F)cc1C#N)C(=O)O. The van der Waals surface area contributed by atoms with Crippen molar-refractivity contribution in [1.29, 1.82) is 5.26 Å². The average molecular weight is 286 g/mol. The van der Waals surface area contributed by atoms with Crippen LogP contribution in [0.25, 0.3) is 0 Å². The van der Waals surface area contributed by atoms with Crippen molar-refractivity contribution in [3.8, 4) is 6.07 Å². The molecule has 0 aliphatic rings. The van der Waals surface area contributed by atoms with Gasteiger partial charge in [-0.15, -0.1) is 0 Å². The predicted octanol–water partition coefficient (Wildman–Crippen LogP) is 3.10. The first-order chi connectivity index (χ1) is 9.16. The number of nitriles is 1. The Balaban J connectivity index is 3.14. The van der Waals surface area contributed by atoms with Gasteiger partial charge in [-0.25, -0.2) is 4.79 Å². The zero-order chi connectivity index (χ0) is 15.5. The topological polar surface area (TPSA) is 73.1 Å². The maximum absolute atomic E-state index is 12.5. The minimum absolute atomic E-state index is 0.0709. The lowest BCUT2D eigenvalue weighted by Crippen LogP contribution is -2.34. The van der Waals surface area contributed by atoms with Crippen molar-refractivity contribution < 1.29 is 23.1 Å². The highest BCUT2D eigenvalue weighted by Gasteiger charge is 2.31. The van der Waals surface area contributed by atoms with Crippen molar-refractivity contribution in [2.45, 2.75) is 26.1 Å². The fourth-order valence-corrected chi connectivity index (χ4v) is 1.62. The highest BCUT2D eigenvalue weighted by atomic mass is 19.4. The molecule has 108 valence electrons. The Morgan fingerprint density at radius 2 is 2.00 bits per heavy atom. The smallest absolute Gasteiger partial charge is 0.416 e. The Labute approximate surface area is 113 Å². The number of nitrogens with zero attached hydrogens (tertiary/aromatic N) is 1. The number of rotatable bonds is 4. The molecular weight excluding hydrogens is 273 g/mol. The lowest BCUT2D eigenvalue weighted by Gasteiger charge is -2.20. The molecule has 0 saturated carbocycles. The van der Waals surface area contributed by atoms with E-state index in [2.05, 4.69) is 5.32 Å². The Bertz CT molecular complexity index is 548. The fraction of sp³-hybridized carbons (Fsp3) is 0.385. The van der Waals surface area contributed by atoms with Crippen LogP contribution in [0, 0.1) is 17.2 Å². The lowest BCUT2D eigenvalue weighted by molar-refractivity contribution is -0.139. The molecular formula is C13H13F3N2O2. The molecule has 0 aromatic heterocycles. The summed E-state index contributed by atoms with van der Waals surface area (Å²) in [5.41, 5.74) is -1.12. The van der Waals surface area contributed by atoms with Gasteiger partial charge in [0.25, 0.3) is 0 Å². The van der Waals surface area contributed by atoms with Crippen LogP contribution in [0.2, 0.25) is 0 Å². The second-order valence-corrected chi connectivity index (χ2v) is 4.57. The van der Waals surface area contributed by atoms with Gasteiger partial charge in [0.2, 0.25) is 0 Å². The summed E-state index contributed by atoms with van der Waals surface area (Å²) in [6, 6.07) is 3.22. The lowest BCUT2D eigenvalue weighted by atomic mass is 10.0. The molecule has 0 amide bonds. The van der Waals surface area contributed by atoms with Crippen molar-refractivity contribution in [2.75, 3.05) is 5.32 Å². The zero-order valence-electron chi connectivity index (χ0n) is 10.8. The summed E-state index contributed by atoms with van der Waals surface area (Å²) in [6.07, 6.45) is -4.55. The summed E-state index contributed by atoms with van der Waals surface area (Å²) < 4.78 is 37.6. The van der Waals surface area contributed by atoms with Crippen molar-refractivity contribution >= 4 is 11.7 Å². The maximum atomic E-state index is 12.5. The van der Waals surface area contributed by atoms with Crippen molar-refractivity contribution in [3.05, 3.63) is 29.3 Å². The van der Waals surface area contributed by atoms with Gasteiger partial charge in [0, 0.05) is 0 Å². The van der Waals surface area contributed by atoms with Crippen LogP contribution in [-0.4, -0.2) is 17.1 Å². The molecule has 0 aliphatic carbocycles. The largest absolute Gasteiger partial charge is 0.480 e. The first kappa shape index (κ1) is 15.8. The summed E-state index contributed by atoms with van der Waals surface area (Å²) in [5, 5.41) is 20.5. The van der Waals surface area contributed by atoms with Gasteiger partial charge >= 0.3 is 12.1 Å². The quantitative estimate of drug-likeness (QED) is 0.892. The maximum Gasteiger partial charge on any atom is 0.416 e. The van der Waals surface area contributed by atoms with Crippen LogP contribution in [0.5, 0.6) is 0 Å². The molecule has 0 radical (unpaired) electrons. The van der Waals surface area contributed by atoms with Gasteiger partial charge in [0.1, 0.15) is 12.1 Å². The number of benzene rings is 1. The normalized spacial score (nSPS) is 12.8. The van der Waals surface area contributed by atoms with Crippen LogP contribution in [0.15, 0.2) is 18.2 Å². The minimum atomic E-state index is -4.55. The first-order valence-electron chi connectivity index (χ1n) is 5.77. The molecule has 0 aliphatic heterocycles. The van der Waals surface area contributed by atoms with Crippen molar-refractivity contribution in [1.82, 2.24) is 0 Å². The van der Waals surface area contributed by atoms with Gasteiger partial charge in [0.15, 0.2) is 0 Å². The second kappa shape index (κ2) is 5.82. The van der Waals surface area contributed by atoms with E-state index in [4.69, 9.17) is 10.4 Å². The molecule has 1 aromatic rings. The van der Waals surface area contributed by atoms with Gasteiger partial charge in [-0.05, 0) is 24.1 Å². The number of carboxylic acids is 1. The summed E-state index contributed by atoms with van der Waals surface area (Å²) in [7, 11) is 0. The standard InChI is InChI=1S/C13H13F3N2O2/c1-7(2)11(12(19)20)18-10-4-3-9(13(14,15)16)5-8(10)6-17/h3-5,7,11,18H,1-2H3,(H,19,20)/t11-/m0/s1. The number of hydrogen-bond donors (Lipinski definition) is 2. The van der Waals surface area contributed by atoms with Gasteiger partial charge in [0.05, 0.1) is 16.8 Å². The van der Waals surface area contributed by atoms with E-state index in [9.17, 15) is 18.0 Å². The summed E-state index contributed by atoms with van der Waals surface area (Å²) in [4.78, 5) is 11.0. The molecule has 20 heavy (non-hydrogen) atoms. The number of alkyl halides is 3. The molecule has 0 heterocycles. The van der Waals surface area contributed by atoms with Gasteiger partial charge < -0.3 is 10.4 Å².